The van der Waals surface area contributed by atoms with Gasteiger partial charge in [0.05, 0.1) is 11.9 Å². The summed E-state index contributed by atoms with van der Waals surface area (Å²) in [4.78, 5) is 21.3. The van der Waals surface area contributed by atoms with Crippen molar-refractivity contribution in [2.45, 2.75) is 6.92 Å². The lowest BCUT2D eigenvalue weighted by Gasteiger charge is -2.35. The third-order valence-corrected chi connectivity index (χ3v) is 4.72. The Balaban J connectivity index is 1.64. The number of anilines is 2. The molecule has 3 rings (SSSR count). The van der Waals surface area contributed by atoms with Crippen molar-refractivity contribution >= 4 is 40.5 Å². The highest BCUT2D eigenvalue weighted by atomic mass is 35.5. The minimum atomic E-state index is -0.291. The van der Waals surface area contributed by atoms with Crippen LogP contribution in [-0.2, 0) is 0 Å². The normalized spacial score (nSPS) is 15.2. The zero-order valence-electron chi connectivity index (χ0n) is 14.0. The van der Waals surface area contributed by atoms with E-state index in [0.717, 1.165) is 38.4 Å². The molecule has 1 fully saturated rings. The molecule has 7 heteroatoms. The first-order chi connectivity index (χ1) is 12.0. The number of benzene rings is 1. The first-order valence-electron chi connectivity index (χ1n) is 8.26. The van der Waals surface area contributed by atoms with E-state index in [0.29, 0.717) is 21.4 Å². The van der Waals surface area contributed by atoms with Crippen molar-refractivity contribution in [3.8, 4) is 0 Å². The Morgan fingerprint density at radius 1 is 1.12 bits per heavy atom. The van der Waals surface area contributed by atoms with Gasteiger partial charge in [-0.15, -0.1) is 0 Å². The number of piperazine rings is 1. The molecule has 132 valence electrons. The second kappa shape index (κ2) is 8.04. The molecule has 1 N–H and O–H groups in total. The molecule has 25 heavy (non-hydrogen) atoms. The fourth-order valence-electron chi connectivity index (χ4n) is 2.85. The number of rotatable bonds is 4. The molecular weight excluding hydrogens is 359 g/mol. The molecule has 0 bridgehead atoms. The molecule has 0 radical (unpaired) electrons. The zero-order chi connectivity index (χ0) is 17.8. The standard InChI is InChI=1S/C18H20Cl2N4O/c1-2-23-5-7-24(8-6-23)16-3-4-17(21-12-16)18(25)22-15-10-13(19)9-14(20)11-15/h3-4,9-12H,2,5-8H2,1H3,(H,22,25). The van der Waals surface area contributed by atoms with Crippen LogP contribution in [0, 0.1) is 0 Å². The first-order valence-corrected chi connectivity index (χ1v) is 9.01. The first kappa shape index (κ1) is 18.0. The largest absolute Gasteiger partial charge is 0.368 e. The number of nitrogens with one attached hydrogen (secondary N) is 1. The fraction of sp³-hybridized carbons (Fsp3) is 0.333. The highest BCUT2D eigenvalue weighted by molar-refractivity contribution is 6.35. The predicted octanol–water partition coefficient (Wildman–Crippen LogP) is 3.78. The van der Waals surface area contributed by atoms with Gasteiger partial charge in [-0.1, -0.05) is 30.1 Å². The molecule has 1 aliphatic heterocycles. The van der Waals surface area contributed by atoms with Crippen molar-refractivity contribution in [2.75, 3.05) is 42.9 Å². The van der Waals surface area contributed by atoms with Gasteiger partial charge in [-0.05, 0) is 36.9 Å². The highest BCUT2D eigenvalue weighted by Crippen LogP contribution is 2.23. The summed E-state index contributed by atoms with van der Waals surface area (Å²) in [7, 11) is 0. The Morgan fingerprint density at radius 2 is 1.80 bits per heavy atom. The van der Waals surface area contributed by atoms with Crippen molar-refractivity contribution in [3.05, 3.63) is 52.3 Å². The SMILES string of the molecule is CCN1CCN(c2ccc(C(=O)Nc3cc(Cl)cc(Cl)c3)nc2)CC1. The topological polar surface area (TPSA) is 48.5 Å². The maximum Gasteiger partial charge on any atom is 0.274 e. The zero-order valence-corrected chi connectivity index (χ0v) is 15.5. The average molecular weight is 379 g/mol. The van der Waals surface area contributed by atoms with Crippen LogP contribution in [0.3, 0.4) is 0 Å². The van der Waals surface area contributed by atoms with Crippen LogP contribution in [0.4, 0.5) is 11.4 Å². The molecule has 1 aromatic carbocycles. The maximum absolute atomic E-state index is 12.3. The molecule has 1 aromatic heterocycles. The number of halogens is 2. The molecule has 0 aliphatic carbocycles. The van der Waals surface area contributed by atoms with Crippen LogP contribution in [0.15, 0.2) is 36.5 Å². The van der Waals surface area contributed by atoms with E-state index >= 15 is 0 Å². The number of aromatic nitrogens is 1. The Bertz CT molecular complexity index is 723. The van der Waals surface area contributed by atoms with E-state index in [1.165, 1.54) is 0 Å². The van der Waals surface area contributed by atoms with Gasteiger partial charge < -0.3 is 15.1 Å². The van der Waals surface area contributed by atoms with Crippen LogP contribution >= 0.6 is 23.2 Å². The van der Waals surface area contributed by atoms with Crippen molar-refractivity contribution < 1.29 is 4.79 Å². The van der Waals surface area contributed by atoms with Gasteiger partial charge in [-0.3, -0.25) is 4.79 Å². The van der Waals surface area contributed by atoms with E-state index in [9.17, 15) is 4.79 Å². The van der Waals surface area contributed by atoms with Crippen molar-refractivity contribution in [3.63, 3.8) is 0 Å². The lowest BCUT2D eigenvalue weighted by molar-refractivity contribution is 0.102. The van der Waals surface area contributed by atoms with Gasteiger partial charge in [-0.25, -0.2) is 4.98 Å². The lowest BCUT2D eigenvalue weighted by Crippen LogP contribution is -2.46. The van der Waals surface area contributed by atoms with Gasteiger partial charge in [0, 0.05) is 41.9 Å². The van der Waals surface area contributed by atoms with E-state index in [-0.39, 0.29) is 5.91 Å². The molecule has 0 spiro atoms. The number of nitrogens with zero attached hydrogens (tertiary/aromatic N) is 3. The molecule has 2 heterocycles. The van der Waals surface area contributed by atoms with E-state index in [4.69, 9.17) is 23.2 Å². The van der Waals surface area contributed by atoms with Gasteiger partial charge in [0.25, 0.3) is 5.91 Å². The minimum Gasteiger partial charge on any atom is -0.368 e. The monoisotopic (exact) mass is 378 g/mol. The van der Waals surface area contributed by atoms with Crippen LogP contribution in [0.1, 0.15) is 17.4 Å². The summed E-state index contributed by atoms with van der Waals surface area (Å²) in [5.74, 6) is -0.291. The molecule has 0 saturated carbocycles. The Hall–Kier alpha value is -1.82. The van der Waals surface area contributed by atoms with Crippen LogP contribution in [-0.4, -0.2) is 48.5 Å². The summed E-state index contributed by atoms with van der Waals surface area (Å²) < 4.78 is 0. The Morgan fingerprint density at radius 3 is 2.36 bits per heavy atom. The lowest BCUT2D eigenvalue weighted by atomic mass is 10.2. The van der Waals surface area contributed by atoms with E-state index < -0.39 is 0 Å². The quantitative estimate of drug-likeness (QED) is 0.879. The number of carbonyl (C=O) groups excluding carboxylic acids is 1. The van der Waals surface area contributed by atoms with Gasteiger partial charge in [0.2, 0.25) is 0 Å². The molecule has 2 aromatic rings. The third-order valence-electron chi connectivity index (χ3n) is 4.29. The second-order valence-electron chi connectivity index (χ2n) is 5.94. The maximum atomic E-state index is 12.3. The van der Waals surface area contributed by atoms with E-state index in [1.807, 2.05) is 6.07 Å². The van der Waals surface area contributed by atoms with Crippen LogP contribution in [0.25, 0.3) is 0 Å². The Labute approximate surface area is 157 Å². The molecular formula is C18H20Cl2N4O. The number of carbonyl (C=O) groups is 1. The summed E-state index contributed by atoms with van der Waals surface area (Å²) in [6.45, 7) is 7.31. The summed E-state index contributed by atoms with van der Waals surface area (Å²) in [6, 6.07) is 8.58. The molecule has 0 unspecified atom stereocenters. The number of hydrogen-bond acceptors (Lipinski definition) is 4. The van der Waals surface area contributed by atoms with Gasteiger partial charge in [0.1, 0.15) is 5.69 Å². The van der Waals surface area contributed by atoms with Crippen molar-refractivity contribution in [1.29, 1.82) is 0 Å². The number of hydrogen-bond donors (Lipinski definition) is 1. The smallest absolute Gasteiger partial charge is 0.274 e. The summed E-state index contributed by atoms with van der Waals surface area (Å²) in [5, 5.41) is 3.70. The summed E-state index contributed by atoms with van der Waals surface area (Å²) in [6.07, 6.45) is 1.75. The number of likely N-dealkylation sites (N-methyl/N-ethyl adjacent to an activating group) is 1. The minimum absolute atomic E-state index is 0.291. The number of pyridine rings is 1. The molecule has 0 atom stereocenters. The third kappa shape index (κ3) is 4.63. The average Bonchev–Trinajstić information content (AvgIpc) is 2.61. The summed E-state index contributed by atoms with van der Waals surface area (Å²) in [5.41, 5.74) is 1.94. The van der Waals surface area contributed by atoms with E-state index in [2.05, 4.69) is 27.0 Å². The predicted molar refractivity (Wildman–Crippen MR) is 103 cm³/mol. The van der Waals surface area contributed by atoms with Crippen LogP contribution in [0.5, 0.6) is 0 Å². The van der Waals surface area contributed by atoms with Crippen LogP contribution < -0.4 is 10.2 Å². The van der Waals surface area contributed by atoms with Gasteiger partial charge in [0.15, 0.2) is 0 Å². The summed E-state index contributed by atoms with van der Waals surface area (Å²) >= 11 is 11.9. The number of amides is 1. The molecule has 1 saturated heterocycles. The van der Waals surface area contributed by atoms with E-state index in [1.54, 1.807) is 30.5 Å². The molecule has 1 amide bonds. The van der Waals surface area contributed by atoms with Crippen molar-refractivity contribution in [2.24, 2.45) is 0 Å². The second-order valence-corrected chi connectivity index (χ2v) is 6.81. The Kier molecular flexibility index (Phi) is 5.78. The molecule has 1 aliphatic rings. The van der Waals surface area contributed by atoms with Gasteiger partial charge in [-0.2, -0.15) is 0 Å². The van der Waals surface area contributed by atoms with Crippen molar-refractivity contribution in [1.82, 2.24) is 9.88 Å². The highest BCUT2D eigenvalue weighted by Gasteiger charge is 2.17. The van der Waals surface area contributed by atoms with Crippen LogP contribution in [0.2, 0.25) is 10.0 Å². The van der Waals surface area contributed by atoms with Gasteiger partial charge >= 0.3 is 0 Å². The fourth-order valence-corrected chi connectivity index (χ4v) is 3.38. The molecule has 5 nitrogen and oxygen atoms in total.